The number of benzene rings is 1. The molecule has 0 aliphatic carbocycles. The summed E-state index contributed by atoms with van der Waals surface area (Å²) >= 11 is 1.84. The van der Waals surface area contributed by atoms with Gasteiger partial charge in [-0.3, -0.25) is 4.79 Å². The van der Waals surface area contributed by atoms with E-state index in [0.717, 1.165) is 24.2 Å². The Morgan fingerprint density at radius 3 is 2.73 bits per heavy atom. The molecule has 1 fully saturated rings. The maximum absolute atomic E-state index is 12.6. The van der Waals surface area contributed by atoms with E-state index in [2.05, 4.69) is 43.1 Å². The molecule has 1 aliphatic rings. The Morgan fingerprint density at radius 1 is 1.27 bits per heavy atom. The smallest absolute Gasteiger partial charge is 0.227 e. The Morgan fingerprint density at radius 2 is 2.04 bits per heavy atom. The van der Waals surface area contributed by atoms with Crippen LogP contribution < -0.4 is 4.74 Å². The summed E-state index contributed by atoms with van der Waals surface area (Å²) in [5.41, 5.74) is 2.00. The topological polar surface area (TPSA) is 42.4 Å². The standard InChI is InChI=1S/C21H26N2O2S/c1-15(2)26-19-9-7-17(8-10-19)13-21(24)23-12-11-18(14-23)25-20-6-4-5-16(3)22-20/h4-10,15,18H,11-14H2,1-3H3/t18-/m0/s1. The first kappa shape index (κ1) is 18.8. The Kier molecular flexibility index (Phi) is 6.20. The molecule has 1 amide bonds. The van der Waals surface area contributed by atoms with Crippen molar-refractivity contribution < 1.29 is 9.53 Å². The van der Waals surface area contributed by atoms with E-state index in [1.54, 1.807) is 0 Å². The highest BCUT2D eigenvalue weighted by Crippen LogP contribution is 2.23. The zero-order valence-electron chi connectivity index (χ0n) is 15.6. The lowest BCUT2D eigenvalue weighted by molar-refractivity contribution is -0.129. The summed E-state index contributed by atoms with van der Waals surface area (Å²) in [6.07, 6.45) is 1.32. The van der Waals surface area contributed by atoms with Gasteiger partial charge in [-0.2, -0.15) is 0 Å². The van der Waals surface area contributed by atoms with E-state index in [1.165, 1.54) is 4.90 Å². The first-order valence-corrected chi connectivity index (χ1v) is 10.0. The van der Waals surface area contributed by atoms with Gasteiger partial charge in [-0.15, -0.1) is 11.8 Å². The molecule has 0 spiro atoms. The number of ether oxygens (including phenoxy) is 1. The van der Waals surface area contributed by atoms with Crippen molar-refractivity contribution in [3.05, 3.63) is 53.7 Å². The SMILES string of the molecule is Cc1cccc(O[C@H]2CCN(C(=O)Cc3ccc(SC(C)C)cc3)C2)n1. The number of thioether (sulfide) groups is 1. The fourth-order valence-electron chi connectivity index (χ4n) is 3.05. The zero-order valence-corrected chi connectivity index (χ0v) is 16.5. The second-order valence-corrected chi connectivity index (χ2v) is 8.62. The van der Waals surface area contributed by atoms with Gasteiger partial charge in [0, 0.05) is 34.9 Å². The molecule has 2 aromatic rings. The lowest BCUT2D eigenvalue weighted by Crippen LogP contribution is -2.32. The number of hydrogen-bond acceptors (Lipinski definition) is 4. The van der Waals surface area contributed by atoms with Crippen molar-refractivity contribution in [1.82, 2.24) is 9.88 Å². The predicted molar refractivity (Wildman–Crippen MR) is 106 cm³/mol. The molecule has 2 heterocycles. The van der Waals surface area contributed by atoms with Gasteiger partial charge >= 0.3 is 0 Å². The van der Waals surface area contributed by atoms with Crippen molar-refractivity contribution in [3.8, 4) is 5.88 Å². The van der Waals surface area contributed by atoms with Crippen LogP contribution in [0.2, 0.25) is 0 Å². The van der Waals surface area contributed by atoms with E-state index in [4.69, 9.17) is 4.74 Å². The van der Waals surface area contributed by atoms with Crippen molar-refractivity contribution in [3.63, 3.8) is 0 Å². The van der Waals surface area contributed by atoms with Gasteiger partial charge in [-0.1, -0.05) is 32.0 Å². The predicted octanol–water partition coefficient (Wildman–Crippen LogP) is 4.11. The van der Waals surface area contributed by atoms with Crippen LogP contribution in [0.4, 0.5) is 0 Å². The van der Waals surface area contributed by atoms with Gasteiger partial charge in [0.15, 0.2) is 0 Å². The monoisotopic (exact) mass is 370 g/mol. The number of nitrogens with zero attached hydrogens (tertiary/aromatic N) is 2. The molecule has 1 saturated heterocycles. The van der Waals surface area contributed by atoms with Crippen LogP contribution in [0, 0.1) is 6.92 Å². The summed E-state index contributed by atoms with van der Waals surface area (Å²) in [5, 5.41) is 0.562. The van der Waals surface area contributed by atoms with Crippen LogP contribution in [0.3, 0.4) is 0 Å². The third-order valence-corrected chi connectivity index (χ3v) is 5.31. The average molecular weight is 371 g/mol. The molecular formula is C21H26N2O2S. The van der Waals surface area contributed by atoms with Gasteiger partial charge in [0.05, 0.1) is 13.0 Å². The third-order valence-electron chi connectivity index (χ3n) is 4.30. The molecule has 26 heavy (non-hydrogen) atoms. The maximum atomic E-state index is 12.6. The number of aryl methyl sites for hydroxylation is 1. The zero-order chi connectivity index (χ0) is 18.5. The molecular weight excluding hydrogens is 344 g/mol. The molecule has 138 valence electrons. The maximum Gasteiger partial charge on any atom is 0.227 e. The van der Waals surface area contributed by atoms with Crippen molar-refractivity contribution in [2.75, 3.05) is 13.1 Å². The van der Waals surface area contributed by atoms with Crippen molar-refractivity contribution in [2.45, 2.75) is 49.9 Å². The quantitative estimate of drug-likeness (QED) is 0.718. The van der Waals surface area contributed by atoms with Gasteiger partial charge in [0.2, 0.25) is 11.8 Å². The number of carbonyl (C=O) groups is 1. The molecule has 0 radical (unpaired) electrons. The highest BCUT2D eigenvalue weighted by Gasteiger charge is 2.27. The molecule has 5 heteroatoms. The summed E-state index contributed by atoms with van der Waals surface area (Å²) in [6.45, 7) is 7.69. The van der Waals surface area contributed by atoms with Crippen LogP contribution in [0.15, 0.2) is 47.4 Å². The number of rotatable bonds is 6. The Bertz CT molecular complexity index is 746. The second kappa shape index (κ2) is 8.58. The van der Waals surface area contributed by atoms with E-state index >= 15 is 0 Å². The number of likely N-dealkylation sites (tertiary alicyclic amines) is 1. The third kappa shape index (κ3) is 5.24. The van der Waals surface area contributed by atoms with Crippen molar-refractivity contribution in [2.24, 2.45) is 0 Å². The molecule has 0 N–H and O–H groups in total. The highest BCUT2D eigenvalue weighted by atomic mass is 32.2. The molecule has 1 aromatic heterocycles. The molecule has 1 aliphatic heterocycles. The molecule has 3 rings (SSSR count). The summed E-state index contributed by atoms with van der Waals surface area (Å²) in [5.74, 6) is 0.806. The van der Waals surface area contributed by atoms with E-state index in [1.807, 2.05) is 41.8 Å². The van der Waals surface area contributed by atoms with Crippen LogP contribution in [-0.4, -0.2) is 40.2 Å². The number of hydrogen-bond donors (Lipinski definition) is 0. The van der Waals surface area contributed by atoms with Crippen molar-refractivity contribution >= 4 is 17.7 Å². The highest BCUT2D eigenvalue weighted by molar-refractivity contribution is 7.99. The van der Waals surface area contributed by atoms with Crippen LogP contribution in [0.5, 0.6) is 5.88 Å². The van der Waals surface area contributed by atoms with E-state index in [0.29, 0.717) is 24.1 Å². The van der Waals surface area contributed by atoms with Crippen LogP contribution in [0.25, 0.3) is 0 Å². The minimum Gasteiger partial charge on any atom is -0.472 e. The van der Waals surface area contributed by atoms with Crippen LogP contribution in [-0.2, 0) is 11.2 Å². The van der Waals surface area contributed by atoms with E-state index in [9.17, 15) is 4.79 Å². The summed E-state index contributed by atoms with van der Waals surface area (Å²) in [4.78, 5) is 20.1. The largest absolute Gasteiger partial charge is 0.472 e. The Labute approximate surface area is 160 Å². The van der Waals surface area contributed by atoms with E-state index < -0.39 is 0 Å². The Hall–Kier alpha value is -2.01. The van der Waals surface area contributed by atoms with Crippen molar-refractivity contribution in [1.29, 1.82) is 0 Å². The van der Waals surface area contributed by atoms with Gasteiger partial charge in [-0.25, -0.2) is 4.98 Å². The van der Waals surface area contributed by atoms with Gasteiger partial charge in [-0.05, 0) is 30.7 Å². The van der Waals surface area contributed by atoms with Gasteiger partial charge < -0.3 is 9.64 Å². The fraction of sp³-hybridized carbons (Fsp3) is 0.429. The summed E-state index contributed by atoms with van der Waals surface area (Å²) < 4.78 is 5.93. The lowest BCUT2D eigenvalue weighted by Gasteiger charge is -2.17. The average Bonchev–Trinajstić information content (AvgIpc) is 3.05. The van der Waals surface area contributed by atoms with Gasteiger partial charge in [0.25, 0.3) is 0 Å². The number of carbonyl (C=O) groups excluding carboxylic acids is 1. The summed E-state index contributed by atoms with van der Waals surface area (Å²) in [6, 6.07) is 14.1. The van der Waals surface area contributed by atoms with Crippen LogP contribution >= 0.6 is 11.8 Å². The van der Waals surface area contributed by atoms with Gasteiger partial charge in [0.1, 0.15) is 6.10 Å². The lowest BCUT2D eigenvalue weighted by atomic mass is 10.1. The minimum absolute atomic E-state index is 0.0260. The molecule has 0 unspecified atom stereocenters. The summed E-state index contributed by atoms with van der Waals surface area (Å²) in [7, 11) is 0. The molecule has 4 nitrogen and oxygen atoms in total. The number of pyridine rings is 1. The fourth-order valence-corrected chi connectivity index (χ4v) is 3.89. The molecule has 1 aromatic carbocycles. The normalized spacial score (nSPS) is 16.9. The van der Waals surface area contributed by atoms with E-state index in [-0.39, 0.29) is 12.0 Å². The molecule has 1 atom stereocenters. The van der Waals surface area contributed by atoms with Crippen LogP contribution in [0.1, 0.15) is 31.5 Å². The minimum atomic E-state index is 0.0260. The number of aromatic nitrogens is 1. The second-order valence-electron chi connectivity index (χ2n) is 6.97. The molecule has 0 bridgehead atoms. The first-order chi connectivity index (χ1) is 12.5. The number of amides is 1. The molecule has 0 saturated carbocycles. The Balaban J connectivity index is 1.51. The first-order valence-electron chi connectivity index (χ1n) is 9.13.